The molecule has 0 spiro atoms. The molecular weight excluding hydrogens is 378 g/mol. The molecule has 1 unspecified atom stereocenters. The van der Waals surface area contributed by atoms with Gasteiger partial charge in [-0.05, 0) is 18.2 Å². The van der Waals surface area contributed by atoms with Gasteiger partial charge < -0.3 is 25.8 Å². The van der Waals surface area contributed by atoms with Crippen LogP contribution in [0.25, 0.3) is 0 Å². The standard InChI is InChI=1S/C19H21N5O3S/c1-23-7-8-26-15-9-13(4-5-14(15)23)24-11-16(27-18(24)25)19(21,17(20)28)12-3-2-6-22-10-12/h2-6,9-10,16H,7-8,11,21H2,1H3,(H2,20,28)/t16-,19?/m0/s1. The average Bonchev–Trinajstić information content (AvgIpc) is 3.10. The van der Waals surface area contributed by atoms with Crippen molar-refractivity contribution < 1.29 is 14.3 Å². The Morgan fingerprint density at radius 2 is 2.21 bits per heavy atom. The minimum Gasteiger partial charge on any atom is -0.489 e. The Morgan fingerprint density at radius 1 is 1.39 bits per heavy atom. The van der Waals surface area contributed by atoms with Crippen molar-refractivity contribution in [3.05, 3.63) is 48.3 Å². The predicted octanol–water partition coefficient (Wildman–Crippen LogP) is 1.38. The molecule has 4 N–H and O–H groups in total. The highest BCUT2D eigenvalue weighted by Crippen LogP contribution is 2.37. The van der Waals surface area contributed by atoms with Crippen molar-refractivity contribution in [2.24, 2.45) is 11.5 Å². The molecular formula is C19H21N5O3S. The normalized spacial score (nSPS) is 20.8. The molecule has 0 radical (unpaired) electrons. The van der Waals surface area contributed by atoms with Crippen molar-refractivity contribution in [3.8, 4) is 5.75 Å². The molecule has 1 amide bonds. The highest BCUT2D eigenvalue weighted by atomic mass is 32.1. The Balaban J connectivity index is 1.64. The van der Waals surface area contributed by atoms with E-state index in [0.717, 1.165) is 18.0 Å². The van der Waals surface area contributed by atoms with E-state index in [1.807, 2.05) is 25.2 Å². The zero-order valence-corrected chi connectivity index (χ0v) is 16.2. The van der Waals surface area contributed by atoms with Gasteiger partial charge >= 0.3 is 6.09 Å². The van der Waals surface area contributed by atoms with E-state index < -0.39 is 17.7 Å². The number of carbonyl (C=O) groups excluding carboxylic acids is 1. The molecule has 2 aliphatic rings. The maximum absolute atomic E-state index is 12.6. The molecule has 3 heterocycles. The fourth-order valence-corrected chi connectivity index (χ4v) is 3.77. The maximum atomic E-state index is 12.6. The summed E-state index contributed by atoms with van der Waals surface area (Å²) in [4.78, 5) is 20.4. The van der Waals surface area contributed by atoms with Crippen LogP contribution >= 0.6 is 12.2 Å². The van der Waals surface area contributed by atoms with Gasteiger partial charge in [-0.2, -0.15) is 0 Å². The number of cyclic esters (lactones) is 1. The number of hydrogen-bond acceptors (Lipinski definition) is 7. The predicted molar refractivity (Wildman–Crippen MR) is 110 cm³/mol. The Kier molecular flexibility index (Phi) is 4.56. The molecule has 0 aliphatic carbocycles. The highest BCUT2D eigenvalue weighted by Gasteiger charge is 2.48. The number of amides is 1. The number of pyridine rings is 1. The van der Waals surface area contributed by atoms with Crippen molar-refractivity contribution in [1.82, 2.24) is 4.98 Å². The minimum absolute atomic E-state index is 0.0375. The number of likely N-dealkylation sites (N-methyl/N-ethyl adjacent to an activating group) is 1. The van der Waals surface area contributed by atoms with Crippen LogP contribution in [0.15, 0.2) is 42.7 Å². The first kappa shape index (κ1) is 18.5. The summed E-state index contributed by atoms with van der Waals surface area (Å²) in [6.07, 6.45) is 1.95. The molecule has 2 atom stereocenters. The number of rotatable bonds is 4. The van der Waals surface area contributed by atoms with Gasteiger partial charge in [0.15, 0.2) is 6.10 Å². The summed E-state index contributed by atoms with van der Waals surface area (Å²) in [5, 5.41) is 0. The van der Waals surface area contributed by atoms with Gasteiger partial charge in [-0.25, -0.2) is 4.79 Å². The van der Waals surface area contributed by atoms with Gasteiger partial charge in [0.1, 0.15) is 22.9 Å². The quantitative estimate of drug-likeness (QED) is 0.743. The van der Waals surface area contributed by atoms with Crippen molar-refractivity contribution in [3.63, 3.8) is 0 Å². The number of hydrogen-bond donors (Lipinski definition) is 2. The number of aromatic nitrogens is 1. The molecule has 9 heteroatoms. The molecule has 1 aromatic carbocycles. The summed E-state index contributed by atoms with van der Waals surface area (Å²) < 4.78 is 11.3. The summed E-state index contributed by atoms with van der Waals surface area (Å²) in [5.74, 6) is 0.725. The molecule has 4 rings (SSSR count). The Bertz CT molecular complexity index is 925. The summed E-state index contributed by atoms with van der Waals surface area (Å²) in [6, 6.07) is 9.12. The van der Waals surface area contributed by atoms with Crippen LogP contribution in [0, 0.1) is 0 Å². The SMILES string of the molecule is CN1CCOc2cc(N3C[C@@H](C(N)(C(N)=S)c4cccnc4)OC3=O)ccc21. The van der Waals surface area contributed by atoms with Crippen LogP contribution in [-0.4, -0.2) is 48.9 Å². The molecule has 1 fully saturated rings. The average molecular weight is 399 g/mol. The van der Waals surface area contributed by atoms with Gasteiger partial charge in [0.2, 0.25) is 0 Å². The molecule has 2 aliphatic heterocycles. The van der Waals surface area contributed by atoms with Gasteiger partial charge in [0.05, 0.1) is 24.5 Å². The van der Waals surface area contributed by atoms with Crippen molar-refractivity contribution in [2.75, 3.05) is 36.5 Å². The molecule has 146 valence electrons. The third kappa shape index (κ3) is 2.92. The lowest BCUT2D eigenvalue weighted by Crippen LogP contribution is -2.58. The van der Waals surface area contributed by atoms with Crippen molar-refractivity contribution in [1.29, 1.82) is 0 Å². The van der Waals surface area contributed by atoms with Crippen LogP contribution in [0.2, 0.25) is 0 Å². The van der Waals surface area contributed by atoms with Crippen LogP contribution in [0.5, 0.6) is 5.75 Å². The number of nitrogens with two attached hydrogens (primary N) is 2. The van der Waals surface area contributed by atoms with Crippen LogP contribution in [0.4, 0.5) is 16.2 Å². The second kappa shape index (κ2) is 6.92. The van der Waals surface area contributed by atoms with E-state index in [0.29, 0.717) is 17.9 Å². The highest BCUT2D eigenvalue weighted by molar-refractivity contribution is 7.80. The Hall–Kier alpha value is -2.91. The van der Waals surface area contributed by atoms with Gasteiger partial charge in [-0.1, -0.05) is 18.3 Å². The number of benzene rings is 1. The zero-order chi connectivity index (χ0) is 19.9. The lowest BCUT2D eigenvalue weighted by Gasteiger charge is -2.32. The van der Waals surface area contributed by atoms with E-state index in [2.05, 4.69) is 9.88 Å². The lowest BCUT2D eigenvalue weighted by atomic mass is 9.86. The third-order valence-corrected chi connectivity index (χ3v) is 5.55. The lowest BCUT2D eigenvalue weighted by molar-refractivity contribution is 0.112. The summed E-state index contributed by atoms with van der Waals surface area (Å²) in [5.41, 5.74) is 13.4. The van der Waals surface area contributed by atoms with E-state index in [-0.39, 0.29) is 11.5 Å². The van der Waals surface area contributed by atoms with E-state index >= 15 is 0 Å². The number of fused-ring (bicyclic) bond motifs is 1. The van der Waals surface area contributed by atoms with E-state index in [1.165, 1.54) is 4.90 Å². The second-order valence-corrected chi connectivity index (χ2v) is 7.32. The van der Waals surface area contributed by atoms with Gasteiger partial charge in [0, 0.05) is 31.1 Å². The van der Waals surface area contributed by atoms with E-state index in [1.54, 1.807) is 24.5 Å². The number of nitrogens with zero attached hydrogens (tertiary/aromatic N) is 3. The van der Waals surface area contributed by atoms with Gasteiger partial charge in [-0.3, -0.25) is 9.88 Å². The number of carbonyl (C=O) groups is 1. The monoisotopic (exact) mass is 399 g/mol. The first-order valence-corrected chi connectivity index (χ1v) is 9.27. The number of thiocarbonyl (C=S) groups is 1. The van der Waals surface area contributed by atoms with Crippen LogP contribution < -0.4 is 26.0 Å². The summed E-state index contributed by atoms with van der Waals surface area (Å²) >= 11 is 5.23. The Morgan fingerprint density at radius 3 is 2.93 bits per heavy atom. The van der Waals surface area contributed by atoms with Gasteiger partial charge in [-0.15, -0.1) is 0 Å². The van der Waals surface area contributed by atoms with E-state index in [4.69, 9.17) is 33.2 Å². The van der Waals surface area contributed by atoms with Crippen LogP contribution in [0.1, 0.15) is 5.56 Å². The van der Waals surface area contributed by atoms with Crippen LogP contribution in [0.3, 0.4) is 0 Å². The molecule has 8 nitrogen and oxygen atoms in total. The summed E-state index contributed by atoms with van der Waals surface area (Å²) in [6.45, 7) is 1.61. The molecule has 0 bridgehead atoms. The zero-order valence-electron chi connectivity index (χ0n) is 15.4. The Labute approximate surface area is 168 Å². The van der Waals surface area contributed by atoms with Crippen LogP contribution in [-0.2, 0) is 10.3 Å². The first-order chi connectivity index (χ1) is 13.4. The second-order valence-electron chi connectivity index (χ2n) is 6.88. The maximum Gasteiger partial charge on any atom is 0.414 e. The molecule has 1 aromatic heterocycles. The molecule has 2 aromatic rings. The third-order valence-electron chi connectivity index (χ3n) is 5.22. The van der Waals surface area contributed by atoms with E-state index in [9.17, 15) is 4.79 Å². The summed E-state index contributed by atoms with van der Waals surface area (Å²) in [7, 11) is 2.00. The van der Waals surface area contributed by atoms with Crippen molar-refractivity contribution in [2.45, 2.75) is 11.6 Å². The fourth-order valence-electron chi connectivity index (χ4n) is 3.52. The minimum atomic E-state index is -1.32. The first-order valence-electron chi connectivity index (χ1n) is 8.86. The molecule has 28 heavy (non-hydrogen) atoms. The smallest absolute Gasteiger partial charge is 0.414 e. The molecule has 1 saturated heterocycles. The molecule has 0 saturated carbocycles. The van der Waals surface area contributed by atoms with Gasteiger partial charge in [0.25, 0.3) is 0 Å². The number of ether oxygens (including phenoxy) is 2. The largest absolute Gasteiger partial charge is 0.489 e. The fraction of sp³-hybridized carbons (Fsp3) is 0.316. The number of anilines is 2. The van der Waals surface area contributed by atoms with Crippen molar-refractivity contribution >= 4 is 34.7 Å². The topological polar surface area (TPSA) is 107 Å².